The zero-order valence-electron chi connectivity index (χ0n) is 13.9. The molecule has 0 aliphatic heterocycles. The molecule has 116 valence electrons. The van der Waals surface area contributed by atoms with Crippen molar-refractivity contribution in [3.8, 4) is 0 Å². The van der Waals surface area contributed by atoms with Gasteiger partial charge in [-0.05, 0) is 33.0 Å². The number of rotatable bonds is 12. The molecule has 0 saturated carbocycles. The molecule has 0 heterocycles. The van der Waals surface area contributed by atoms with Crippen LogP contribution in [0.4, 0.5) is 0 Å². The van der Waals surface area contributed by atoms with Gasteiger partial charge in [0.05, 0.1) is 6.61 Å². The maximum Gasteiger partial charge on any atom is 0.0628 e. The van der Waals surface area contributed by atoms with Gasteiger partial charge in [-0.2, -0.15) is 0 Å². The zero-order valence-corrected chi connectivity index (χ0v) is 13.9. The third kappa shape index (κ3) is 11.4. The average Bonchev–Trinajstić information content (AvgIpc) is 2.32. The van der Waals surface area contributed by atoms with E-state index in [0.29, 0.717) is 12.0 Å². The van der Waals surface area contributed by atoms with Crippen molar-refractivity contribution in [1.29, 1.82) is 0 Å². The summed E-state index contributed by atoms with van der Waals surface area (Å²) in [6.07, 6.45) is 1.17. The fraction of sp³-hybridized carbons (Fsp3) is 1.00. The van der Waals surface area contributed by atoms with E-state index in [1.54, 1.807) is 7.11 Å². The third-order valence-electron chi connectivity index (χ3n) is 3.02. The lowest BCUT2D eigenvalue weighted by molar-refractivity contribution is 0.128. The predicted octanol–water partition coefficient (Wildman–Crippen LogP) is 1.52. The normalized spacial score (nSPS) is 13.7. The van der Waals surface area contributed by atoms with Crippen molar-refractivity contribution >= 4 is 0 Å². The van der Waals surface area contributed by atoms with Gasteiger partial charge in [-0.15, -0.1) is 0 Å². The first-order valence-corrected chi connectivity index (χ1v) is 7.59. The summed E-state index contributed by atoms with van der Waals surface area (Å²) in [5, 5.41) is 3.58. The fourth-order valence-corrected chi connectivity index (χ4v) is 2.15. The van der Waals surface area contributed by atoms with Crippen molar-refractivity contribution < 1.29 is 4.74 Å². The van der Waals surface area contributed by atoms with Gasteiger partial charge in [0.15, 0.2) is 0 Å². The lowest BCUT2D eigenvalue weighted by atomic mass is 10.2. The molecule has 0 aromatic carbocycles. The summed E-state index contributed by atoms with van der Waals surface area (Å²) in [5.41, 5.74) is 0. The molecule has 0 bridgehead atoms. The van der Waals surface area contributed by atoms with E-state index < -0.39 is 0 Å². The molecule has 0 radical (unpaired) electrons. The molecular weight excluding hydrogens is 238 g/mol. The topological polar surface area (TPSA) is 27.7 Å². The van der Waals surface area contributed by atoms with Crippen molar-refractivity contribution in [3.63, 3.8) is 0 Å². The second kappa shape index (κ2) is 11.6. The summed E-state index contributed by atoms with van der Waals surface area (Å²) in [6.45, 7) is 13.1. The van der Waals surface area contributed by atoms with Crippen molar-refractivity contribution in [2.24, 2.45) is 5.92 Å². The van der Waals surface area contributed by atoms with Crippen LogP contribution in [-0.2, 0) is 4.74 Å². The fourth-order valence-electron chi connectivity index (χ4n) is 2.15. The standard InChI is InChI=1S/C15H35N3O/c1-7-8-16-15(13-19-6)12-18(11-14(2)3)10-9-17(4)5/h14-16H,7-13H2,1-6H3. The molecule has 0 aromatic heterocycles. The van der Waals surface area contributed by atoms with Crippen LogP contribution in [0, 0.1) is 5.92 Å². The van der Waals surface area contributed by atoms with Crippen molar-refractivity contribution in [2.45, 2.75) is 33.2 Å². The Labute approximate surface area is 120 Å². The number of nitrogens with one attached hydrogen (secondary N) is 1. The van der Waals surface area contributed by atoms with E-state index in [0.717, 1.165) is 39.3 Å². The molecule has 1 N–H and O–H groups in total. The minimum absolute atomic E-state index is 0.436. The molecule has 0 spiro atoms. The highest BCUT2D eigenvalue weighted by molar-refractivity contribution is 4.73. The van der Waals surface area contributed by atoms with Gasteiger partial charge in [0.1, 0.15) is 0 Å². The van der Waals surface area contributed by atoms with E-state index in [1.165, 1.54) is 6.42 Å². The van der Waals surface area contributed by atoms with Crippen LogP contribution in [0.3, 0.4) is 0 Å². The van der Waals surface area contributed by atoms with Gasteiger partial charge >= 0.3 is 0 Å². The molecule has 0 aliphatic rings. The van der Waals surface area contributed by atoms with Gasteiger partial charge in [-0.3, -0.25) is 0 Å². The molecule has 0 fully saturated rings. The largest absolute Gasteiger partial charge is 0.383 e. The molecule has 1 atom stereocenters. The Morgan fingerprint density at radius 1 is 1.11 bits per heavy atom. The summed E-state index contributed by atoms with van der Waals surface area (Å²) < 4.78 is 5.33. The maximum absolute atomic E-state index is 5.33. The number of ether oxygens (including phenoxy) is 1. The maximum atomic E-state index is 5.33. The van der Waals surface area contributed by atoms with E-state index in [-0.39, 0.29) is 0 Å². The Kier molecular flexibility index (Phi) is 11.6. The number of hydrogen-bond donors (Lipinski definition) is 1. The summed E-state index contributed by atoms with van der Waals surface area (Å²) in [5.74, 6) is 0.705. The second-order valence-corrected chi connectivity index (χ2v) is 6.06. The van der Waals surface area contributed by atoms with Crippen LogP contribution in [0.5, 0.6) is 0 Å². The van der Waals surface area contributed by atoms with E-state index in [2.05, 4.69) is 50.0 Å². The highest BCUT2D eigenvalue weighted by Crippen LogP contribution is 2.01. The van der Waals surface area contributed by atoms with Crippen LogP contribution >= 0.6 is 0 Å². The molecule has 0 amide bonds. The second-order valence-electron chi connectivity index (χ2n) is 6.06. The van der Waals surface area contributed by atoms with Crippen molar-refractivity contribution in [1.82, 2.24) is 15.1 Å². The van der Waals surface area contributed by atoms with Gasteiger partial charge in [0.25, 0.3) is 0 Å². The Hall–Kier alpha value is -0.160. The quantitative estimate of drug-likeness (QED) is 0.583. The van der Waals surface area contributed by atoms with E-state index in [4.69, 9.17) is 4.74 Å². The van der Waals surface area contributed by atoms with Gasteiger partial charge in [0, 0.05) is 39.3 Å². The zero-order chi connectivity index (χ0) is 14.7. The molecule has 1 unspecified atom stereocenters. The Balaban J connectivity index is 4.28. The van der Waals surface area contributed by atoms with Crippen LogP contribution < -0.4 is 5.32 Å². The van der Waals surface area contributed by atoms with Gasteiger partial charge in [-0.25, -0.2) is 0 Å². The molecule has 0 rings (SSSR count). The number of nitrogens with zero attached hydrogens (tertiary/aromatic N) is 2. The number of likely N-dealkylation sites (N-methyl/N-ethyl adjacent to an activating group) is 1. The molecule has 19 heavy (non-hydrogen) atoms. The van der Waals surface area contributed by atoms with E-state index >= 15 is 0 Å². The van der Waals surface area contributed by atoms with Crippen LogP contribution in [0.25, 0.3) is 0 Å². The summed E-state index contributed by atoms with van der Waals surface area (Å²) in [7, 11) is 6.05. The summed E-state index contributed by atoms with van der Waals surface area (Å²) >= 11 is 0. The predicted molar refractivity (Wildman–Crippen MR) is 83.8 cm³/mol. The van der Waals surface area contributed by atoms with Crippen molar-refractivity contribution in [3.05, 3.63) is 0 Å². The van der Waals surface area contributed by atoms with E-state index in [9.17, 15) is 0 Å². The molecule has 0 saturated heterocycles. The van der Waals surface area contributed by atoms with Gasteiger partial charge < -0.3 is 19.9 Å². The van der Waals surface area contributed by atoms with Crippen molar-refractivity contribution in [2.75, 3.05) is 60.5 Å². The lowest BCUT2D eigenvalue weighted by Gasteiger charge is -2.30. The highest BCUT2D eigenvalue weighted by atomic mass is 16.5. The first-order valence-electron chi connectivity index (χ1n) is 7.59. The minimum atomic E-state index is 0.436. The first kappa shape index (κ1) is 18.8. The van der Waals surface area contributed by atoms with Gasteiger partial charge in [0.2, 0.25) is 0 Å². The smallest absolute Gasteiger partial charge is 0.0628 e. The first-order chi connectivity index (χ1) is 8.99. The lowest BCUT2D eigenvalue weighted by Crippen LogP contribution is -2.46. The third-order valence-corrected chi connectivity index (χ3v) is 3.02. The molecule has 0 aromatic rings. The SMILES string of the molecule is CCCNC(COC)CN(CCN(C)C)CC(C)C. The summed E-state index contributed by atoms with van der Waals surface area (Å²) in [4.78, 5) is 4.80. The molecule has 4 heteroatoms. The number of hydrogen-bond acceptors (Lipinski definition) is 4. The molecule has 0 aliphatic carbocycles. The molecule has 4 nitrogen and oxygen atoms in total. The Morgan fingerprint density at radius 2 is 1.79 bits per heavy atom. The average molecular weight is 273 g/mol. The van der Waals surface area contributed by atoms with Crippen LogP contribution in [0.1, 0.15) is 27.2 Å². The monoisotopic (exact) mass is 273 g/mol. The van der Waals surface area contributed by atoms with Crippen LogP contribution in [0.15, 0.2) is 0 Å². The van der Waals surface area contributed by atoms with Gasteiger partial charge in [-0.1, -0.05) is 20.8 Å². The number of methoxy groups -OCH3 is 1. The Morgan fingerprint density at radius 3 is 2.26 bits per heavy atom. The van der Waals surface area contributed by atoms with Crippen LogP contribution in [0.2, 0.25) is 0 Å². The Bertz CT molecular complexity index is 198. The minimum Gasteiger partial charge on any atom is -0.383 e. The van der Waals surface area contributed by atoms with E-state index in [1.807, 2.05) is 0 Å². The molecular formula is C15H35N3O. The highest BCUT2D eigenvalue weighted by Gasteiger charge is 2.14. The van der Waals surface area contributed by atoms with Crippen LogP contribution in [-0.4, -0.2) is 76.4 Å². The summed E-state index contributed by atoms with van der Waals surface area (Å²) in [6, 6.07) is 0.436.